The van der Waals surface area contributed by atoms with Crippen LogP contribution in [0.25, 0.3) is 5.65 Å². The average molecular weight is 192 g/mol. The van der Waals surface area contributed by atoms with Crippen LogP contribution in [0, 0.1) is 0 Å². The number of hydrogen-bond acceptors (Lipinski definition) is 2. The first-order chi connectivity index (χ1) is 6.77. The van der Waals surface area contributed by atoms with Crippen molar-refractivity contribution in [3.05, 3.63) is 24.5 Å². The van der Waals surface area contributed by atoms with Crippen molar-refractivity contribution in [2.24, 2.45) is 0 Å². The van der Waals surface area contributed by atoms with Gasteiger partial charge >= 0.3 is 0 Å². The number of nitrogens with two attached hydrogens (primary N) is 1. The quantitative estimate of drug-likeness (QED) is 0.796. The molecular weight excluding hydrogens is 176 g/mol. The third-order valence-electron chi connectivity index (χ3n) is 2.55. The van der Waals surface area contributed by atoms with E-state index >= 15 is 0 Å². The second-order valence-electron chi connectivity index (χ2n) is 3.27. The molecule has 0 saturated carbocycles. The second kappa shape index (κ2) is 3.29. The van der Waals surface area contributed by atoms with Gasteiger partial charge in [-0.15, -0.1) is 0 Å². The molecule has 0 spiro atoms. The van der Waals surface area contributed by atoms with Gasteiger partial charge in [0.2, 0.25) is 0 Å². The SMILES string of the molecule is CCN(CC)n1ccn2c(N)ccc12. The molecule has 0 unspecified atom stereocenters. The van der Waals surface area contributed by atoms with Gasteiger partial charge in [-0.3, -0.25) is 4.40 Å². The van der Waals surface area contributed by atoms with E-state index in [1.54, 1.807) is 0 Å². The number of aromatic nitrogens is 2. The molecule has 0 aliphatic heterocycles. The third-order valence-corrected chi connectivity index (χ3v) is 2.55. The van der Waals surface area contributed by atoms with E-state index in [2.05, 4.69) is 23.5 Å². The lowest BCUT2D eigenvalue weighted by molar-refractivity contribution is 0.637. The van der Waals surface area contributed by atoms with Gasteiger partial charge in [-0.05, 0) is 26.0 Å². The Labute approximate surface area is 83.5 Å². The van der Waals surface area contributed by atoms with Crippen LogP contribution < -0.4 is 10.7 Å². The molecule has 2 rings (SSSR count). The molecule has 2 aromatic rings. The van der Waals surface area contributed by atoms with E-state index < -0.39 is 0 Å². The van der Waals surface area contributed by atoms with E-state index in [-0.39, 0.29) is 0 Å². The summed E-state index contributed by atoms with van der Waals surface area (Å²) >= 11 is 0. The monoisotopic (exact) mass is 192 g/mol. The summed E-state index contributed by atoms with van der Waals surface area (Å²) in [7, 11) is 0. The number of anilines is 1. The van der Waals surface area contributed by atoms with Crippen molar-refractivity contribution < 1.29 is 0 Å². The van der Waals surface area contributed by atoms with Crippen LogP contribution in [0.3, 0.4) is 0 Å². The first kappa shape index (κ1) is 8.99. The minimum Gasteiger partial charge on any atom is -0.385 e. The molecule has 0 radical (unpaired) electrons. The van der Waals surface area contributed by atoms with Gasteiger partial charge < -0.3 is 10.7 Å². The maximum atomic E-state index is 5.80. The van der Waals surface area contributed by atoms with Crippen molar-refractivity contribution in [1.82, 2.24) is 9.08 Å². The third kappa shape index (κ3) is 1.14. The summed E-state index contributed by atoms with van der Waals surface area (Å²) in [5, 5.41) is 2.24. The zero-order valence-corrected chi connectivity index (χ0v) is 8.64. The molecule has 4 heteroatoms. The number of nitrogens with zero attached hydrogens (tertiary/aromatic N) is 3. The van der Waals surface area contributed by atoms with Crippen molar-refractivity contribution in [2.75, 3.05) is 23.8 Å². The normalized spacial score (nSPS) is 11.0. The fourth-order valence-electron chi connectivity index (χ4n) is 1.78. The Morgan fingerprint density at radius 3 is 2.57 bits per heavy atom. The van der Waals surface area contributed by atoms with E-state index in [0.717, 1.165) is 24.6 Å². The lowest BCUT2D eigenvalue weighted by Crippen LogP contribution is -2.33. The van der Waals surface area contributed by atoms with Gasteiger partial charge in [-0.25, -0.2) is 4.68 Å². The van der Waals surface area contributed by atoms with Crippen LogP contribution in [0.5, 0.6) is 0 Å². The van der Waals surface area contributed by atoms with Gasteiger partial charge in [0, 0.05) is 25.5 Å². The van der Waals surface area contributed by atoms with Crippen LogP contribution in [-0.2, 0) is 0 Å². The van der Waals surface area contributed by atoms with Crippen molar-refractivity contribution in [3.8, 4) is 0 Å². The minimum absolute atomic E-state index is 0.783. The summed E-state index contributed by atoms with van der Waals surface area (Å²) in [4.78, 5) is 0. The smallest absolute Gasteiger partial charge is 0.137 e. The van der Waals surface area contributed by atoms with Gasteiger partial charge in [0.05, 0.1) is 0 Å². The molecule has 0 bridgehead atoms. The van der Waals surface area contributed by atoms with E-state index in [9.17, 15) is 0 Å². The Morgan fingerprint density at radius 1 is 1.21 bits per heavy atom. The Balaban J connectivity index is 2.51. The predicted octanol–water partition coefficient (Wildman–Crippen LogP) is 1.30. The summed E-state index contributed by atoms with van der Waals surface area (Å²) < 4.78 is 4.12. The van der Waals surface area contributed by atoms with Gasteiger partial charge in [-0.1, -0.05) is 0 Å². The van der Waals surface area contributed by atoms with Crippen LogP contribution in [0.1, 0.15) is 13.8 Å². The van der Waals surface area contributed by atoms with Crippen LogP contribution in [-0.4, -0.2) is 22.2 Å². The Morgan fingerprint density at radius 2 is 1.93 bits per heavy atom. The second-order valence-corrected chi connectivity index (χ2v) is 3.27. The number of nitrogen functional groups attached to an aromatic ring is 1. The standard InChI is InChI=1S/C10H16N4/c1-3-12(4-2)14-8-7-13-9(11)5-6-10(13)14/h5-8H,3-4,11H2,1-2H3. The van der Waals surface area contributed by atoms with Gasteiger partial charge in [0.15, 0.2) is 0 Å². The molecule has 0 aliphatic carbocycles. The van der Waals surface area contributed by atoms with Crippen LogP contribution >= 0.6 is 0 Å². The number of hydrogen-bond donors (Lipinski definition) is 1. The van der Waals surface area contributed by atoms with E-state index in [1.165, 1.54) is 0 Å². The topological polar surface area (TPSA) is 38.6 Å². The van der Waals surface area contributed by atoms with E-state index in [1.807, 2.05) is 28.9 Å². The van der Waals surface area contributed by atoms with Gasteiger partial charge in [0.25, 0.3) is 0 Å². The maximum Gasteiger partial charge on any atom is 0.137 e. The molecule has 2 N–H and O–H groups in total. The molecule has 0 atom stereocenters. The molecule has 0 fully saturated rings. The highest BCUT2D eigenvalue weighted by atomic mass is 15.6. The lowest BCUT2D eigenvalue weighted by atomic mass is 10.6. The first-order valence-corrected chi connectivity index (χ1v) is 4.97. The van der Waals surface area contributed by atoms with Crippen LogP contribution in [0.4, 0.5) is 5.82 Å². The van der Waals surface area contributed by atoms with E-state index in [4.69, 9.17) is 5.73 Å². The molecule has 14 heavy (non-hydrogen) atoms. The van der Waals surface area contributed by atoms with Crippen molar-refractivity contribution >= 4 is 11.5 Å². The highest BCUT2D eigenvalue weighted by molar-refractivity contribution is 5.52. The fraction of sp³-hybridized carbons (Fsp3) is 0.400. The van der Waals surface area contributed by atoms with Crippen molar-refractivity contribution in [3.63, 3.8) is 0 Å². The Kier molecular flexibility index (Phi) is 2.11. The highest BCUT2D eigenvalue weighted by Crippen LogP contribution is 2.13. The van der Waals surface area contributed by atoms with Crippen LogP contribution in [0.15, 0.2) is 24.5 Å². The first-order valence-electron chi connectivity index (χ1n) is 4.97. The predicted molar refractivity (Wildman–Crippen MR) is 59.1 cm³/mol. The van der Waals surface area contributed by atoms with Crippen molar-refractivity contribution in [2.45, 2.75) is 13.8 Å². The Bertz CT molecular complexity index is 422. The number of fused-ring (bicyclic) bond motifs is 1. The summed E-state index contributed by atoms with van der Waals surface area (Å²) in [6.45, 7) is 6.27. The van der Waals surface area contributed by atoms with Crippen molar-refractivity contribution in [1.29, 1.82) is 0 Å². The molecule has 0 amide bonds. The van der Waals surface area contributed by atoms with Gasteiger partial charge in [0.1, 0.15) is 11.5 Å². The lowest BCUT2D eigenvalue weighted by Gasteiger charge is -2.22. The molecular formula is C10H16N4. The number of imidazole rings is 1. The molecule has 76 valence electrons. The largest absolute Gasteiger partial charge is 0.385 e. The number of rotatable bonds is 3. The summed E-state index contributed by atoms with van der Waals surface area (Å²) in [5.74, 6) is 0.783. The molecule has 4 nitrogen and oxygen atoms in total. The zero-order valence-electron chi connectivity index (χ0n) is 8.64. The molecule has 0 saturated heterocycles. The highest BCUT2D eigenvalue weighted by Gasteiger charge is 2.06. The van der Waals surface area contributed by atoms with Gasteiger partial charge in [-0.2, -0.15) is 0 Å². The average Bonchev–Trinajstić information content (AvgIpc) is 2.74. The summed E-state index contributed by atoms with van der Waals surface area (Å²) in [5.41, 5.74) is 6.92. The zero-order chi connectivity index (χ0) is 10.1. The molecule has 0 aliphatic rings. The minimum atomic E-state index is 0.783. The van der Waals surface area contributed by atoms with Crippen LogP contribution in [0.2, 0.25) is 0 Å². The maximum absolute atomic E-state index is 5.80. The summed E-state index contributed by atoms with van der Waals surface area (Å²) in [6.07, 6.45) is 4.03. The van der Waals surface area contributed by atoms with E-state index in [0.29, 0.717) is 0 Å². The molecule has 2 aromatic heterocycles. The fourth-order valence-corrected chi connectivity index (χ4v) is 1.78. The Hall–Kier alpha value is -1.58. The summed E-state index contributed by atoms with van der Waals surface area (Å²) in [6, 6.07) is 3.96. The molecule has 2 heterocycles. The molecule has 0 aromatic carbocycles.